The van der Waals surface area contributed by atoms with E-state index < -0.39 is 118 Å². The number of rotatable bonds is 13. The number of nitrogens with one attached hydrogen (secondary N) is 2. The van der Waals surface area contributed by atoms with E-state index in [2.05, 4.69) is 25.2 Å². The van der Waals surface area contributed by atoms with Gasteiger partial charge >= 0.3 is 0 Å². The highest BCUT2D eigenvalue weighted by molar-refractivity contribution is 7.92. The number of alkyl halides is 6. The van der Waals surface area contributed by atoms with Gasteiger partial charge in [0.15, 0.2) is 5.82 Å². The summed E-state index contributed by atoms with van der Waals surface area (Å²) >= 11 is 6.56. The molecule has 2 aliphatic carbocycles. The molecule has 4 heterocycles. The third-order valence-corrected chi connectivity index (χ3v) is 12.2. The van der Waals surface area contributed by atoms with Crippen molar-refractivity contribution in [3.8, 4) is 16.9 Å². The number of hydrogen-bond acceptors (Lipinski definition) is 8. The normalized spacial score (nSPS) is 16.9. The fraction of sp³-hybridized carbons (Fsp3) is 0.286. The number of hydrogen-bond donors (Lipinski definition) is 2. The lowest BCUT2D eigenvalue weighted by atomic mass is 10.0. The summed E-state index contributed by atoms with van der Waals surface area (Å²) in [6.45, 7) is -0.701. The van der Waals surface area contributed by atoms with Gasteiger partial charge in [-0.1, -0.05) is 17.7 Å². The van der Waals surface area contributed by atoms with Gasteiger partial charge in [0.05, 0.1) is 44.8 Å². The van der Waals surface area contributed by atoms with Crippen LogP contribution >= 0.6 is 11.6 Å². The summed E-state index contributed by atoms with van der Waals surface area (Å²) in [6, 6.07) is 9.33. The standard InChI is InChI=1S/C42H31ClF9N9O4S/c1-17-3-7-26(46)34(53-17)19-4-5-22-27(12-19)55-40(61(41(22)63)29-8-6-25(43)33-36(29)59(15-30(47)48)57-39(33)58-66(2,64)65)28(11-18-9-20(44)13-21(45)10-18)54-31(62)16-60-37-32(35(56-60)38(49)50)23-14-24(23)42(37,51)52/h3-10,12-13,23-24,28,30,38H,11,14-16H2,1-2H3,(H,54,62)(H,57,58)/t23-,24+,28-/m0/s1. The smallest absolute Gasteiger partial charge is 0.293 e. The number of fused-ring (bicyclic) bond motifs is 5. The zero-order valence-electron chi connectivity index (χ0n) is 33.9. The molecule has 3 atom stereocenters. The van der Waals surface area contributed by atoms with Gasteiger partial charge in [0.1, 0.15) is 53.4 Å². The molecule has 344 valence electrons. The Balaban J connectivity index is 1.29. The summed E-state index contributed by atoms with van der Waals surface area (Å²) < 4.78 is 162. The van der Waals surface area contributed by atoms with Gasteiger partial charge in [-0.25, -0.2) is 44.1 Å². The number of amides is 1. The minimum absolute atomic E-state index is 0.0661. The van der Waals surface area contributed by atoms with Crippen LogP contribution in [0, 0.1) is 30.3 Å². The highest BCUT2D eigenvalue weighted by atomic mass is 35.5. The maximum atomic E-state index is 15.6. The van der Waals surface area contributed by atoms with Crippen LogP contribution in [0.25, 0.3) is 38.8 Å². The molecule has 9 rings (SSSR count). The number of pyridine rings is 1. The molecule has 0 bridgehead atoms. The molecule has 2 aliphatic rings. The third kappa shape index (κ3) is 8.00. The number of halogens is 10. The zero-order chi connectivity index (χ0) is 47.3. The van der Waals surface area contributed by atoms with Crippen LogP contribution in [0.1, 0.15) is 58.8 Å². The third-order valence-electron chi connectivity index (χ3n) is 11.3. The van der Waals surface area contributed by atoms with Crippen molar-refractivity contribution in [3.63, 3.8) is 0 Å². The predicted molar refractivity (Wildman–Crippen MR) is 221 cm³/mol. The fourth-order valence-electron chi connectivity index (χ4n) is 8.64. The molecular weight excluding hydrogens is 933 g/mol. The van der Waals surface area contributed by atoms with Crippen LogP contribution in [-0.4, -0.2) is 61.1 Å². The first-order valence-corrected chi connectivity index (χ1v) is 22.0. The molecule has 1 saturated carbocycles. The van der Waals surface area contributed by atoms with Crippen LogP contribution in [0.4, 0.5) is 45.3 Å². The minimum atomic E-state index is -4.15. The summed E-state index contributed by atoms with van der Waals surface area (Å²) in [5.74, 6) is -11.0. The molecule has 0 spiro atoms. The first-order chi connectivity index (χ1) is 31.1. The van der Waals surface area contributed by atoms with Gasteiger partial charge < -0.3 is 5.32 Å². The number of aryl methyl sites for hydroxylation is 1. The summed E-state index contributed by atoms with van der Waals surface area (Å²) in [7, 11) is -4.15. The first-order valence-electron chi connectivity index (χ1n) is 19.8. The number of carbonyl (C=O) groups is 1. The van der Waals surface area contributed by atoms with Crippen molar-refractivity contribution in [2.45, 2.75) is 63.6 Å². The lowest BCUT2D eigenvalue weighted by Gasteiger charge is -2.24. The summed E-state index contributed by atoms with van der Waals surface area (Å²) in [5, 5.41) is 9.55. The Hall–Kier alpha value is -6.49. The Morgan fingerprint density at radius 1 is 0.955 bits per heavy atom. The molecule has 0 saturated heterocycles. The molecule has 0 aliphatic heterocycles. The average molecular weight is 964 g/mol. The van der Waals surface area contributed by atoms with Gasteiger partial charge in [-0.05, 0) is 73.4 Å². The van der Waals surface area contributed by atoms with Crippen LogP contribution in [0.2, 0.25) is 5.02 Å². The van der Waals surface area contributed by atoms with Crippen molar-refractivity contribution in [1.29, 1.82) is 0 Å². The van der Waals surface area contributed by atoms with E-state index in [1.165, 1.54) is 36.4 Å². The first kappa shape index (κ1) is 44.7. The van der Waals surface area contributed by atoms with Crippen molar-refractivity contribution in [2.75, 3.05) is 11.0 Å². The van der Waals surface area contributed by atoms with E-state index in [1.807, 2.05) is 0 Å². The Bertz CT molecular complexity index is 3320. The van der Waals surface area contributed by atoms with E-state index in [4.69, 9.17) is 16.6 Å². The summed E-state index contributed by atoms with van der Waals surface area (Å²) in [4.78, 5) is 38.2. The fourth-order valence-corrected chi connectivity index (χ4v) is 9.37. The quantitative estimate of drug-likeness (QED) is 0.109. The highest BCUT2D eigenvalue weighted by Crippen LogP contribution is 2.68. The van der Waals surface area contributed by atoms with Gasteiger partial charge in [0, 0.05) is 35.2 Å². The van der Waals surface area contributed by atoms with E-state index in [9.17, 15) is 39.6 Å². The molecule has 2 N–H and O–H groups in total. The van der Waals surface area contributed by atoms with Gasteiger partial charge in [0.25, 0.3) is 24.3 Å². The van der Waals surface area contributed by atoms with Gasteiger partial charge in [-0.3, -0.25) is 33.2 Å². The van der Waals surface area contributed by atoms with Crippen molar-refractivity contribution in [3.05, 3.63) is 128 Å². The molecule has 13 nitrogen and oxygen atoms in total. The molecule has 1 amide bonds. The molecule has 0 unspecified atom stereocenters. The predicted octanol–water partition coefficient (Wildman–Crippen LogP) is 8.26. The number of nitrogens with zero attached hydrogens (tertiary/aromatic N) is 7. The van der Waals surface area contributed by atoms with E-state index in [0.717, 1.165) is 29.0 Å². The van der Waals surface area contributed by atoms with Crippen LogP contribution in [0.3, 0.4) is 0 Å². The van der Waals surface area contributed by atoms with Gasteiger partial charge in [0.2, 0.25) is 15.9 Å². The minimum Gasteiger partial charge on any atom is -0.344 e. The number of carbonyl (C=O) groups excluding carboxylic acids is 1. The number of aromatic nitrogens is 7. The van der Waals surface area contributed by atoms with Crippen LogP contribution < -0.4 is 15.6 Å². The number of anilines is 1. The zero-order valence-corrected chi connectivity index (χ0v) is 35.5. The topological polar surface area (TPSA) is 159 Å². The maximum absolute atomic E-state index is 15.6. The van der Waals surface area contributed by atoms with Crippen molar-refractivity contribution >= 4 is 55.2 Å². The Morgan fingerprint density at radius 3 is 2.36 bits per heavy atom. The molecule has 7 aromatic rings. The maximum Gasteiger partial charge on any atom is 0.293 e. The SMILES string of the molecule is Cc1ccc(F)c(-c2ccc3c(=O)n(-c4ccc(Cl)c5c(NS(C)(=O)=O)nn(CC(F)F)c45)c([C@H](Cc4cc(F)cc(F)c4)NC(=O)Cn4nc(C(F)F)c5c4C(F)(F)[C@@H]4C[C@H]54)nc3c2)n1. The highest BCUT2D eigenvalue weighted by Gasteiger charge is 2.67. The summed E-state index contributed by atoms with van der Waals surface area (Å²) in [5.41, 5.74) is -3.87. The molecule has 4 aromatic heterocycles. The number of benzene rings is 3. The van der Waals surface area contributed by atoms with Crippen molar-refractivity contribution < 1.29 is 52.7 Å². The Labute approximate surface area is 371 Å². The molecule has 1 fully saturated rings. The second kappa shape index (κ2) is 16.1. The van der Waals surface area contributed by atoms with Crippen LogP contribution in [0.15, 0.2) is 65.5 Å². The van der Waals surface area contributed by atoms with Gasteiger partial charge in [-0.15, -0.1) is 0 Å². The van der Waals surface area contributed by atoms with E-state index in [-0.39, 0.29) is 61.3 Å². The molecule has 0 radical (unpaired) electrons. The van der Waals surface area contributed by atoms with Crippen LogP contribution in [-0.2, 0) is 40.3 Å². The second-order valence-electron chi connectivity index (χ2n) is 16.0. The largest absolute Gasteiger partial charge is 0.344 e. The Kier molecular flexibility index (Phi) is 10.9. The lowest BCUT2D eigenvalue weighted by molar-refractivity contribution is -0.123. The monoisotopic (exact) mass is 963 g/mol. The van der Waals surface area contributed by atoms with E-state index in [1.54, 1.807) is 6.92 Å². The molecule has 3 aromatic carbocycles. The summed E-state index contributed by atoms with van der Waals surface area (Å²) in [6.07, 6.45) is -6.36. The van der Waals surface area contributed by atoms with Crippen LogP contribution in [0.5, 0.6) is 0 Å². The lowest BCUT2D eigenvalue weighted by Crippen LogP contribution is -2.38. The van der Waals surface area contributed by atoms with Crippen molar-refractivity contribution in [2.24, 2.45) is 5.92 Å². The molecule has 24 heteroatoms. The number of sulfonamides is 1. The van der Waals surface area contributed by atoms with Gasteiger partial charge in [-0.2, -0.15) is 19.0 Å². The average Bonchev–Trinajstić information content (AvgIpc) is 3.75. The van der Waals surface area contributed by atoms with Crippen molar-refractivity contribution in [1.82, 2.24) is 39.4 Å². The second-order valence-corrected chi connectivity index (χ2v) is 18.1. The van der Waals surface area contributed by atoms with E-state index >= 15 is 18.0 Å². The molecule has 66 heavy (non-hydrogen) atoms. The van der Waals surface area contributed by atoms with E-state index in [0.29, 0.717) is 21.1 Å². The molecular formula is C42H31ClF9N9O4S. The Morgan fingerprint density at radius 2 is 1.68 bits per heavy atom.